The lowest BCUT2D eigenvalue weighted by molar-refractivity contribution is 0.00578. The van der Waals surface area contributed by atoms with Crippen molar-refractivity contribution in [1.29, 1.82) is 0 Å². The van der Waals surface area contributed by atoms with Crippen LogP contribution in [0.3, 0.4) is 0 Å². The molecule has 19 heavy (non-hydrogen) atoms. The number of hydrogen-bond donors (Lipinski definition) is 0. The molecule has 2 aliphatic heterocycles. The zero-order valence-corrected chi connectivity index (χ0v) is 12.3. The standard InChI is InChI=1S/C15H20BNO2/c1-10-8-11-9-12(6-7-13(11)17-10)16-18-14(2,3)15(4,5)19-16/h6,8-9H,7H2,1-5H3. The molecule has 0 aromatic carbocycles. The van der Waals surface area contributed by atoms with Crippen LogP contribution < -0.4 is 0 Å². The van der Waals surface area contributed by atoms with Crippen molar-refractivity contribution < 1.29 is 9.31 Å². The second-order valence-corrected chi connectivity index (χ2v) is 6.44. The second-order valence-electron chi connectivity index (χ2n) is 6.44. The monoisotopic (exact) mass is 257 g/mol. The zero-order chi connectivity index (χ0) is 13.8. The highest BCUT2D eigenvalue weighted by molar-refractivity contribution is 6.56. The molecule has 4 heteroatoms. The normalized spacial score (nSPS) is 27.5. The van der Waals surface area contributed by atoms with Crippen LogP contribution in [0, 0.1) is 0 Å². The maximum absolute atomic E-state index is 6.08. The maximum Gasteiger partial charge on any atom is 0.494 e. The van der Waals surface area contributed by atoms with Gasteiger partial charge in [-0.25, -0.2) is 0 Å². The molecule has 1 saturated heterocycles. The summed E-state index contributed by atoms with van der Waals surface area (Å²) >= 11 is 0. The third-order valence-corrected chi connectivity index (χ3v) is 4.39. The predicted octanol–water partition coefficient (Wildman–Crippen LogP) is 3.23. The molecular formula is C15H20BNO2. The van der Waals surface area contributed by atoms with Gasteiger partial charge in [0.2, 0.25) is 0 Å². The van der Waals surface area contributed by atoms with E-state index in [-0.39, 0.29) is 18.3 Å². The third-order valence-electron chi connectivity index (χ3n) is 4.39. The predicted molar refractivity (Wildman–Crippen MR) is 78.1 cm³/mol. The van der Waals surface area contributed by atoms with E-state index in [1.807, 2.05) is 6.92 Å². The topological polar surface area (TPSA) is 30.8 Å². The van der Waals surface area contributed by atoms with Crippen LogP contribution >= 0.6 is 0 Å². The summed E-state index contributed by atoms with van der Waals surface area (Å²) in [6.45, 7) is 10.3. The molecule has 0 N–H and O–H groups in total. The fraction of sp³-hybridized carbons (Fsp3) is 0.533. The van der Waals surface area contributed by atoms with Crippen molar-refractivity contribution in [3.05, 3.63) is 35.0 Å². The highest BCUT2D eigenvalue weighted by Gasteiger charge is 2.52. The molecule has 3 rings (SSSR count). The summed E-state index contributed by atoms with van der Waals surface area (Å²) in [5.74, 6) is 0. The third kappa shape index (κ3) is 2.03. The van der Waals surface area contributed by atoms with Gasteiger partial charge >= 0.3 is 7.12 Å². The van der Waals surface area contributed by atoms with Crippen molar-refractivity contribution >= 4 is 12.8 Å². The minimum absolute atomic E-state index is 0.270. The Hall–Kier alpha value is -1.13. The molecule has 0 bridgehead atoms. The number of nitrogens with zero attached hydrogens (tertiary/aromatic N) is 1. The largest absolute Gasteiger partial charge is 0.494 e. The molecule has 1 fully saturated rings. The first-order valence-corrected chi connectivity index (χ1v) is 6.82. The van der Waals surface area contributed by atoms with Gasteiger partial charge in [0, 0.05) is 12.1 Å². The summed E-state index contributed by atoms with van der Waals surface area (Å²) in [7, 11) is -0.270. The van der Waals surface area contributed by atoms with E-state index in [9.17, 15) is 0 Å². The Labute approximate surface area is 115 Å². The van der Waals surface area contributed by atoms with Crippen molar-refractivity contribution in [1.82, 2.24) is 0 Å². The molecule has 3 aliphatic rings. The molecule has 3 nitrogen and oxygen atoms in total. The van der Waals surface area contributed by atoms with Gasteiger partial charge in [0.1, 0.15) is 0 Å². The van der Waals surface area contributed by atoms with Crippen LogP contribution in [0.1, 0.15) is 41.0 Å². The van der Waals surface area contributed by atoms with Gasteiger partial charge in [-0.3, -0.25) is 4.99 Å². The summed E-state index contributed by atoms with van der Waals surface area (Å²) in [6.07, 6.45) is 7.28. The van der Waals surface area contributed by atoms with Crippen molar-refractivity contribution in [2.75, 3.05) is 0 Å². The van der Waals surface area contributed by atoms with Crippen molar-refractivity contribution in [2.45, 2.75) is 52.2 Å². The van der Waals surface area contributed by atoms with Crippen molar-refractivity contribution in [3.63, 3.8) is 0 Å². The molecular weight excluding hydrogens is 237 g/mol. The molecule has 1 aliphatic carbocycles. The Bertz CT molecular complexity index is 536. The second kappa shape index (κ2) is 3.93. The van der Waals surface area contributed by atoms with E-state index in [0.717, 1.165) is 23.3 Å². The van der Waals surface area contributed by atoms with Crippen LogP contribution in [0.15, 0.2) is 40.0 Å². The smallest absolute Gasteiger partial charge is 0.399 e. The van der Waals surface area contributed by atoms with Gasteiger partial charge in [-0.05, 0) is 51.7 Å². The summed E-state index contributed by atoms with van der Waals surface area (Å²) < 4.78 is 12.2. The fourth-order valence-corrected chi connectivity index (χ4v) is 2.50. The molecule has 0 spiro atoms. The van der Waals surface area contributed by atoms with Gasteiger partial charge in [-0.2, -0.15) is 0 Å². The van der Waals surface area contributed by atoms with Gasteiger partial charge in [0.25, 0.3) is 0 Å². The highest BCUT2D eigenvalue weighted by atomic mass is 16.7. The maximum atomic E-state index is 6.08. The Morgan fingerprint density at radius 1 is 1.11 bits per heavy atom. The van der Waals surface area contributed by atoms with E-state index < -0.39 is 0 Å². The number of hydrogen-bond acceptors (Lipinski definition) is 3. The summed E-state index contributed by atoms with van der Waals surface area (Å²) in [6, 6.07) is 0. The Morgan fingerprint density at radius 3 is 2.37 bits per heavy atom. The van der Waals surface area contributed by atoms with E-state index in [2.05, 4.69) is 50.9 Å². The van der Waals surface area contributed by atoms with Crippen LogP contribution in [0.25, 0.3) is 0 Å². The van der Waals surface area contributed by atoms with Crippen LogP contribution in [-0.4, -0.2) is 24.0 Å². The van der Waals surface area contributed by atoms with E-state index in [4.69, 9.17) is 9.31 Å². The van der Waals surface area contributed by atoms with Crippen LogP contribution in [0.5, 0.6) is 0 Å². The molecule has 0 unspecified atom stereocenters. The first-order chi connectivity index (χ1) is 8.78. The molecule has 0 saturated carbocycles. The number of allylic oxidation sites excluding steroid dienone is 6. The lowest BCUT2D eigenvalue weighted by atomic mass is 9.74. The first kappa shape index (κ1) is 12.9. The van der Waals surface area contributed by atoms with Gasteiger partial charge in [-0.1, -0.05) is 12.2 Å². The highest BCUT2D eigenvalue weighted by Crippen LogP contribution is 2.39. The molecule has 0 aromatic rings. The van der Waals surface area contributed by atoms with Gasteiger partial charge in [-0.15, -0.1) is 0 Å². The molecule has 2 heterocycles. The van der Waals surface area contributed by atoms with Crippen LogP contribution in [-0.2, 0) is 9.31 Å². The lowest BCUT2D eigenvalue weighted by Crippen LogP contribution is -2.41. The molecule has 0 aromatic heterocycles. The fourth-order valence-electron chi connectivity index (χ4n) is 2.50. The summed E-state index contributed by atoms with van der Waals surface area (Å²) in [5, 5.41) is 0. The number of aliphatic imine (C=N–C) groups is 1. The first-order valence-electron chi connectivity index (χ1n) is 6.82. The molecule has 0 amide bonds. The average Bonchev–Trinajstić information content (AvgIpc) is 2.74. The Morgan fingerprint density at radius 2 is 1.74 bits per heavy atom. The lowest BCUT2D eigenvalue weighted by Gasteiger charge is -2.32. The van der Waals surface area contributed by atoms with Gasteiger partial charge < -0.3 is 9.31 Å². The van der Waals surface area contributed by atoms with Gasteiger partial charge in [0.05, 0.1) is 16.9 Å². The molecule has 0 radical (unpaired) electrons. The van der Waals surface area contributed by atoms with Crippen LogP contribution in [0.4, 0.5) is 0 Å². The van der Waals surface area contributed by atoms with E-state index in [0.29, 0.717) is 0 Å². The summed E-state index contributed by atoms with van der Waals surface area (Å²) in [5.41, 5.74) is 3.96. The number of fused-ring (bicyclic) bond motifs is 1. The Kier molecular flexibility index (Phi) is 2.67. The van der Waals surface area contributed by atoms with Crippen LogP contribution in [0.2, 0.25) is 0 Å². The Balaban J connectivity index is 1.85. The summed E-state index contributed by atoms with van der Waals surface area (Å²) in [4.78, 5) is 4.51. The minimum atomic E-state index is -0.285. The van der Waals surface area contributed by atoms with E-state index in [1.165, 1.54) is 5.57 Å². The SMILES string of the molecule is CC1=CC2=CC(B3OC(C)(C)C(C)(C)O3)=CCC2=N1. The minimum Gasteiger partial charge on any atom is -0.399 e. The molecule has 0 atom stereocenters. The quantitative estimate of drug-likeness (QED) is 0.675. The zero-order valence-electron chi connectivity index (χ0n) is 12.3. The van der Waals surface area contributed by atoms with Gasteiger partial charge in [0.15, 0.2) is 0 Å². The van der Waals surface area contributed by atoms with Crippen molar-refractivity contribution in [2.24, 2.45) is 4.99 Å². The van der Waals surface area contributed by atoms with E-state index in [1.54, 1.807) is 0 Å². The van der Waals surface area contributed by atoms with Crippen molar-refractivity contribution in [3.8, 4) is 0 Å². The average molecular weight is 257 g/mol. The molecule has 100 valence electrons. The number of rotatable bonds is 1. The van der Waals surface area contributed by atoms with E-state index >= 15 is 0 Å².